The minimum atomic E-state index is 0.261. The van der Waals surface area contributed by atoms with Crippen LogP contribution in [0.25, 0.3) is 5.69 Å². The Balaban J connectivity index is 2.57. The molecule has 0 bridgehead atoms. The number of hydrogen-bond acceptors (Lipinski definition) is 3. The van der Waals surface area contributed by atoms with Crippen LogP contribution < -0.4 is 5.73 Å². The van der Waals surface area contributed by atoms with Crippen LogP contribution in [0.1, 0.15) is 5.69 Å². The van der Waals surface area contributed by atoms with Crippen molar-refractivity contribution in [2.45, 2.75) is 0 Å². The highest BCUT2D eigenvalue weighted by Gasteiger charge is 2.08. The predicted octanol–water partition coefficient (Wildman–Crippen LogP) is 1.66. The first-order valence-electron chi connectivity index (χ1n) is 4.14. The van der Waals surface area contributed by atoms with Gasteiger partial charge < -0.3 is 5.73 Å². The molecule has 2 heterocycles. The lowest BCUT2D eigenvalue weighted by atomic mass is 10.3. The third kappa shape index (κ3) is 2.05. The van der Waals surface area contributed by atoms with Crippen molar-refractivity contribution in [1.29, 1.82) is 0 Å². The highest BCUT2D eigenvalue weighted by Crippen LogP contribution is 2.14. The van der Waals surface area contributed by atoms with Gasteiger partial charge in [-0.2, -0.15) is 5.10 Å². The number of thiocarbonyl (C=S) groups is 1. The van der Waals surface area contributed by atoms with Gasteiger partial charge in [0.1, 0.15) is 10.7 Å². The van der Waals surface area contributed by atoms with Crippen molar-refractivity contribution in [3.8, 4) is 5.69 Å². The zero-order chi connectivity index (χ0) is 10.8. The Bertz CT molecular complexity index is 508. The average molecular weight is 283 g/mol. The van der Waals surface area contributed by atoms with Crippen molar-refractivity contribution in [3.05, 3.63) is 40.9 Å². The molecule has 0 aromatic carbocycles. The van der Waals surface area contributed by atoms with Crippen molar-refractivity contribution < 1.29 is 0 Å². The Morgan fingerprint density at radius 2 is 2.33 bits per heavy atom. The number of pyridine rings is 1. The maximum atomic E-state index is 5.57. The molecule has 2 aromatic heterocycles. The lowest BCUT2D eigenvalue weighted by Crippen LogP contribution is -2.15. The Labute approximate surface area is 100 Å². The minimum Gasteiger partial charge on any atom is -0.388 e. The van der Waals surface area contributed by atoms with E-state index in [0.29, 0.717) is 5.69 Å². The molecule has 0 radical (unpaired) electrons. The monoisotopic (exact) mass is 282 g/mol. The maximum Gasteiger partial charge on any atom is 0.124 e. The zero-order valence-corrected chi connectivity index (χ0v) is 9.99. The molecule has 2 N–H and O–H groups in total. The molecule has 0 aliphatic rings. The fourth-order valence-corrected chi connectivity index (χ4v) is 1.65. The Morgan fingerprint density at radius 1 is 1.53 bits per heavy atom. The number of halogens is 1. The molecule has 0 atom stereocenters. The molecule has 0 amide bonds. The zero-order valence-electron chi connectivity index (χ0n) is 7.59. The van der Waals surface area contributed by atoms with Gasteiger partial charge in [0, 0.05) is 12.4 Å². The van der Waals surface area contributed by atoms with Gasteiger partial charge >= 0.3 is 0 Å². The first kappa shape index (κ1) is 10.3. The number of aromatic nitrogens is 3. The van der Waals surface area contributed by atoms with Gasteiger partial charge in [-0.25, -0.2) is 4.68 Å². The van der Waals surface area contributed by atoms with Crippen molar-refractivity contribution in [3.63, 3.8) is 0 Å². The molecule has 0 unspecified atom stereocenters. The second-order valence-electron chi connectivity index (χ2n) is 2.84. The number of rotatable bonds is 2. The second-order valence-corrected chi connectivity index (χ2v) is 4.19. The summed E-state index contributed by atoms with van der Waals surface area (Å²) in [6, 6.07) is 3.67. The molecule has 0 saturated heterocycles. The van der Waals surface area contributed by atoms with Gasteiger partial charge in [0.25, 0.3) is 0 Å². The van der Waals surface area contributed by atoms with E-state index in [0.717, 1.165) is 10.2 Å². The van der Waals surface area contributed by atoms with E-state index in [1.54, 1.807) is 17.1 Å². The summed E-state index contributed by atoms with van der Waals surface area (Å²) in [6.07, 6.45) is 5.16. The van der Waals surface area contributed by atoms with Crippen LogP contribution >= 0.6 is 28.1 Å². The van der Waals surface area contributed by atoms with Gasteiger partial charge in [0.15, 0.2) is 0 Å². The first-order chi connectivity index (χ1) is 7.18. The van der Waals surface area contributed by atoms with Crippen LogP contribution in [0.3, 0.4) is 0 Å². The van der Waals surface area contributed by atoms with E-state index in [1.807, 2.05) is 18.3 Å². The molecule has 4 nitrogen and oxygen atoms in total. The average Bonchev–Trinajstić information content (AvgIpc) is 2.65. The molecule has 0 spiro atoms. The molecule has 15 heavy (non-hydrogen) atoms. The van der Waals surface area contributed by atoms with Crippen LogP contribution in [0, 0.1) is 0 Å². The van der Waals surface area contributed by atoms with E-state index in [1.165, 1.54) is 0 Å². The molecule has 0 saturated carbocycles. The predicted molar refractivity (Wildman–Crippen MR) is 64.9 cm³/mol. The summed E-state index contributed by atoms with van der Waals surface area (Å²) in [4.78, 5) is 4.38. The van der Waals surface area contributed by atoms with Gasteiger partial charge in [-0.3, -0.25) is 4.98 Å². The molecule has 2 rings (SSSR count). The lowest BCUT2D eigenvalue weighted by molar-refractivity contribution is 0.871. The molecule has 6 heteroatoms. The molecule has 0 aliphatic heterocycles. The SMILES string of the molecule is NC(=S)c1ncccc1-n1cc(Br)cn1. The summed E-state index contributed by atoms with van der Waals surface area (Å²) in [6.45, 7) is 0. The van der Waals surface area contributed by atoms with E-state index in [4.69, 9.17) is 18.0 Å². The van der Waals surface area contributed by atoms with Crippen LogP contribution in [-0.2, 0) is 0 Å². The molecular weight excluding hydrogens is 276 g/mol. The Kier molecular flexibility index (Phi) is 2.79. The van der Waals surface area contributed by atoms with Gasteiger partial charge in [0.05, 0.1) is 16.4 Å². The number of nitrogens with two attached hydrogens (primary N) is 1. The van der Waals surface area contributed by atoms with Crippen LogP contribution in [0.4, 0.5) is 0 Å². The van der Waals surface area contributed by atoms with Gasteiger partial charge in [-0.15, -0.1) is 0 Å². The van der Waals surface area contributed by atoms with E-state index in [2.05, 4.69) is 26.0 Å². The van der Waals surface area contributed by atoms with Gasteiger partial charge in [-0.1, -0.05) is 12.2 Å². The summed E-state index contributed by atoms with van der Waals surface area (Å²) in [5.74, 6) is 0. The summed E-state index contributed by atoms with van der Waals surface area (Å²) < 4.78 is 2.56. The van der Waals surface area contributed by atoms with E-state index < -0.39 is 0 Å². The third-order valence-electron chi connectivity index (χ3n) is 1.82. The van der Waals surface area contributed by atoms with Crippen molar-refractivity contribution in [2.75, 3.05) is 0 Å². The summed E-state index contributed by atoms with van der Waals surface area (Å²) >= 11 is 8.24. The van der Waals surface area contributed by atoms with Gasteiger partial charge in [0.2, 0.25) is 0 Å². The normalized spacial score (nSPS) is 10.2. The molecule has 76 valence electrons. The van der Waals surface area contributed by atoms with E-state index >= 15 is 0 Å². The summed E-state index contributed by atoms with van der Waals surface area (Å²) in [5, 5.41) is 4.14. The van der Waals surface area contributed by atoms with Crippen LogP contribution in [-0.4, -0.2) is 19.8 Å². The standard InChI is InChI=1S/C9H7BrN4S/c10-6-4-13-14(5-6)7-2-1-3-12-8(7)9(11)15/h1-5H,(H2,11,15). The molecule has 2 aromatic rings. The highest BCUT2D eigenvalue weighted by atomic mass is 79.9. The van der Waals surface area contributed by atoms with Gasteiger partial charge in [-0.05, 0) is 28.1 Å². The van der Waals surface area contributed by atoms with E-state index in [-0.39, 0.29) is 4.99 Å². The molecular formula is C9H7BrN4S. The smallest absolute Gasteiger partial charge is 0.124 e. The van der Waals surface area contributed by atoms with Crippen molar-refractivity contribution in [1.82, 2.24) is 14.8 Å². The molecule has 0 aliphatic carbocycles. The van der Waals surface area contributed by atoms with E-state index in [9.17, 15) is 0 Å². The lowest BCUT2D eigenvalue weighted by Gasteiger charge is -2.05. The molecule has 0 fully saturated rings. The number of hydrogen-bond donors (Lipinski definition) is 1. The topological polar surface area (TPSA) is 56.7 Å². The first-order valence-corrected chi connectivity index (χ1v) is 5.34. The highest BCUT2D eigenvalue weighted by molar-refractivity contribution is 9.10. The second kappa shape index (κ2) is 4.08. The third-order valence-corrected chi connectivity index (χ3v) is 2.42. The fraction of sp³-hybridized carbons (Fsp3) is 0. The van der Waals surface area contributed by atoms with Crippen molar-refractivity contribution in [2.24, 2.45) is 5.73 Å². The number of nitrogens with zero attached hydrogens (tertiary/aromatic N) is 3. The van der Waals surface area contributed by atoms with Crippen LogP contribution in [0.5, 0.6) is 0 Å². The fourth-order valence-electron chi connectivity index (χ4n) is 1.20. The Morgan fingerprint density at radius 3 is 2.93 bits per heavy atom. The maximum absolute atomic E-state index is 5.57. The largest absolute Gasteiger partial charge is 0.388 e. The van der Waals surface area contributed by atoms with Crippen LogP contribution in [0.15, 0.2) is 35.2 Å². The van der Waals surface area contributed by atoms with Crippen molar-refractivity contribution >= 4 is 33.1 Å². The summed E-state index contributed by atoms with van der Waals surface area (Å²) in [7, 11) is 0. The Hall–Kier alpha value is -1.27. The quantitative estimate of drug-likeness (QED) is 0.852. The minimum absolute atomic E-state index is 0.261. The summed E-state index contributed by atoms with van der Waals surface area (Å²) in [5.41, 5.74) is 6.92. The van der Waals surface area contributed by atoms with Crippen LogP contribution in [0.2, 0.25) is 0 Å².